The Morgan fingerprint density at radius 1 is 0.930 bits per heavy atom. The van der Waals surface area contributed by atoms with Crippen LogP contribution in [0.2, 0.25) is 0 Å². The zero-order valence-corrected chi connectivity index (χ0v) is 26.0. The number of rotatable bonds is 9. The molecule has 234 valence electrons. The van der Waals surface area contributed by atoms with E-state index in [1.54, 1.807) is 32.3 Å². The Kier molecular flexibility index (Phi) is 9.33. The van der Waals surface area contributed by atoms with Gasteiger partial charge in [0.2, 0.25) is 21.7 Å². The van der Waals surface area contributed by atoms with Crippen molar-refractivity contribution < 1.29 is 37.0 Å². The molecule has 2 aromatic rings. The summed E-state index contributed by atoms with van der Waals surface area (Å²) in [5, 5.41) is 0. The lowest BCUT2D eigenvalue weighted by Gasteiger charge is -2.37. The number of methoxy groups -OCH3 is 3. The van der Waals surface area contributed by atoms with E-state index in [2.05, 4.69) is 11.8 Å². The van der Waals surface area contributed by atoms with Gasteiger partial charge in [-0.25, -0.2) is 8.42 Å². The van der Waals surface area contributed by atoms with Crippen LogP contribution in [0.15, 0.2) is 35.2 Å². The molecule has 13 heteroatoms. The summed E-state index contributed by atoms with van der Waals surface area (Å²) in [7, 11) is 1.000. The van der Waals surface area contributed by atoms with Gasteiger partial charge in [0.15, 0.2) is 18.1 Å². The second-order valence-corrected chi connectivity index (χ2v) is 13.1. The molecule has 0 unspecified atom stereocenters. The highest BCUT2D eigenvalue weighted by Gasteiger charge is 2.34. The van der Waals surface area contributed by atoms with E-state index in [0.29, 0.717) is 80.4 Å². The van der Waals surface area contributed by atoms with Gasteiger partial charge in [-0.3, -0.25) is 19.4 Å². The van der Waals surface area contributed by atoms with Crippen molar-refractivity contribution in [3.63, 3.8) is 0 Å². The van der Waals surface area contributed by atoms with Crippen molar-refractivity contribution in [2.75, 3.05) is 78.6 Å². The summed E-state index contributed by atoms with van der Waals surface area (Å²) in [6, 6.07) is 8.33. The maximum Gasteiger partial charge on any atom is 0.265 e. The van der Waals surface area contributed by atoms with Crippen LogP contribution < -0.4 is 23.8 Å². The molecule has 3 aliphatic rings. The normalized spacial score (nSPS) is 18.7. The number of piperazine rings is 1. The third kappa shape index (κ3) is 6.38. The summed E-state index contributed by atoms with van der Waals surface area (Å²) in [5.74, 6) is 2.01. The number of fused-ring (bicyclic) bond motifs is 1. The van der Waals surface area contributed by atoms with Crippen LogP contribution in [0.4, 0.5) is 5.69 Å². The molecule has 2 amide bonds. The summed E-state index contributed by atoms with van der Waals surface area (Å²) in [6.07, 6.45) is 1.61. The molecule has 12 nitrogen and oxygen atoms in total. The monoisotopic (exact) mass is 616 g/mol. The fraction of sp³-hybridized carbons (Fsp3) is 0.533. The van der Waals surface area contributed by atoms with E-state index >= 15 is 0 Å². The van der Waals surface area contributed by atoms with Crippen LogP contribution in [0.5, 0.6) is 23.0 Å². The van der Waals surface area contributed by atoms with E-state index in [1.807, 2.05) is 12.1 Å². The fourth-order valence-corrected chi connectivity index (χ4v) is 7.30. The number of carbonyl (C=O) groups is 2. The Balaban J connectivity index is 1.25. The number of ether oxygens (including phenoxy) is 4. The molecule has 5 rings (SSSR count). The Morgan fingerprint density at radius 3 is 2.28 bits per heavy atom. The largest absolute Gasteiger partial charge is 0.493 e. The molecule has 3 heterocycles. The van der Waals surface area contributed by atoms with Gasteiger partial charge in [0, 0.05) is 51.4 Å². The minimum Gasteiger partial charge on any atom is -0.493 e. The van der Waals surface area contributed by atoms with Crippen LogP contribution in [0, 0.1) is 5.92 Å². The predicted octanol–water partition coefficient (Wildman–Crippen LogP) is 2.20. The number of carbonyl (C=O) groups excluding carboxylic acids is 2. The first-order valence-corrected chi connectivity index (χ1v) is 16.0. The number of sulfonamides is 1. The molecule has 2 fully saturated rings. The lowest BCUT2D eigenvalue weighted by Crippen LogP contribution is -2.52. The molecule has 0 saturated carbocycles. The molecule has 3 aliphatic heterocycles. The fourth-order valence-electron chi connectivity index (χ4n) is 5.81. The Labute approximate surface area is 253 Å². The molecule has 0 atom stereocenters. The minimum atomic E-state index is -3.74. The summed E-state index contributed by atoms with van der Waals surface area (Å²) in [6.45, 7) is 5.49. The Morgan fingerprint density at radius 2 is 1.63 bits per heavy atom. The first-order valence-electron chi connectivity index (χ1n) is 14.5. The standard InChI is InChI=1S/C30H40N4O8S/c1-21-9-11-33(12-10-21)43(37,38)23-6-8-25-24(17-23)34(28(36)20-42-25)19-27(35)32-15-13-31(14-16-32)18-22-5-7-26(39-2)30(41-4)29(22)40-3/h5-8,17,21H,9-16,18-20H2,1-4H3. The molecule has 2 saturated heterocycles. The van der Waals surface area contributed by atoms with Crippen LogP contribution in [-0.2, 0) is 26.2 Å². The molecule has 0 aromatic heterocycles. The van der Waals surface area contributed by atoms with Crippen molar-refractivity contribution in [3.05, 3.63) is 35.9 Å². The van der Waals surface area contributed by atoms with Gasteiger partial charge in [-0.1, -0.05) is 13.0 Å². The van der Waals surface area contributed by atoms with Gasteiger partial charge in [0.1, 0.15) is 12.3 Å². The Bertz CT molecular complexity index is 1450. The van der Waals surface area contributed by atoms with Crippen molar-refractivity contribution in [2.45, 2.75) is 31.2 Å². The third-order valence-corrected chi connectivity index (χ3v) is 10.3. The van der Waals surface area contributed by atoms with Gasteiger partial charge in [0.25, 0.3) is 5.91 Å². The maximum atomic E-state index is 13.4. The van der Waals surface area contributed by atoms with Gasteiger partial charge in [0.05, 0.1) is 31.9 Å². The average molecular weight is 617 g/mol. The summed E-state index contributed by atoms with van der Waals surface area (Å²) in [5.41, 5.74) is 1.25. The van der Waals surface area contributed by atoms with Gasteiger partial charge in [-0.15, -0.1) is 0 Å². The topological polar surface area (TPSA) is 118 Å². The third-order valence-electron chi connectivity index (χ3n) is 8.45. The molecule has 2 aromatic carbocycles. The second kappa shape index (κ2) is 13.0. The molecule has 0 spiro atoms. The number of hydrogen-bond donors (Lipinski definition) is 0. The zero-order valence-electron chi connectivity index (χ0n) is 25.2. The van der Waals surface area contributed by atoms with Crippen molar-refractivity contribution in [3.8, 4) is 23.0 Å². The molecular formula is C30H40N4O8S. The summed E-state index contributed by atoms with van der Waals surface area (Å²) < 4.78 is 50.4. The van der Waals surface area contributed by atoms with E-state index in [0.717, 1.165) is 18.4 Å². The summed E-state index contributed by atoms with van der Waals surface area (Å²) >= 11 is 0. The highest BCUT2D eigenvalue weighted by atomic mass is 32.2. The quantitative estimate of drug-likeness (QED) is 0.418. The lowest BCUT2D eigenvalue weighted by atomic mass is 10.0. The van der Waals surface area contributed by atoms with E-state index in [1.165, 1.54) is 21.3 Å². The lowest BCUT2D eigenvalue weighted by molar-refractivity contribution is -0.133. The molecular weight excluding hydrogens is 576 g/mol. The van der Waals surface area contributed by atoms with E-state index in [-0.39, 0.29) is 29.9 Å². The first kappa shape index (κ1) is 30.9. The van der Waals surface area contributed by atoms with Crippen molar-refractivity contribution in [2.24, 2.45) is 5.92 Å². The van der Waals surface area contributed by atoms with E-state index in [4.69, 9.17) is 18.9 Å². The van der Waals surface area contributed by atoms with Crippen LogP contribution in [-0.4, -0.2) is 108 Å². The second-order valence-electron chi connectivity index (χ2n) is 11.1. The maximum absolute atomic E-state index is 13.4. The van der Waals surface area contributed by atoms with Crippen molar-refractivity contribution in [1.82, 2.24) is 14.1 Å². The molecule has 43 heavy (non-hydrogen) atoms. The summed E-state index contributed by atoms with van der Waals surface area (Å²) in [4.78, 5) is 31.7. The van der Waals surface area contributed by atoms with Gasteiger partial charge in [-0.2, -0.15) is 4.31 Å². The minimum absolute atomic E-state index is 0.0933. The van der Waals surface area contributed by atoms with Crippen LogP contribution in [0.25, 0.3) is 0 Å². The SMILES string of the molecule is COc1ccc(CN2CCN(C(=O)CN3C(=O)COc4ccc(S(=O)(=O)N5CCC(C)CC5)cc43)CC2)c(OC)c1OC. The number of anilines is 1. The smallest absolute Gasteiger partial charge is 0.265 e. The van der Waals surface area contributed by atoms with Gasteiger partial charge < -0.3 is 23.8 Å². The highest BCUT2D eigenvalue weighted by molar-refractivity contribution is 7.89. The number of benzene rings is 2. The van der Waals surface area contributed by atoms with Crippen LogP contribution >= 0.6 is 0 Å². The van der Waals surface area contributed by atoms with Gasteiger partial charge in [-0.05, 0) is 43.0 Å². The van der Waals surface area contributed by atoms with E-state index in [9.17, 15) is 18.0 Å². The van der Waals surface area contributed by atoms with E-state index < -0.39 is 10.0 Å². The molecule has 0 radical (unpaired) electrons. The first-order chi connectivity index (χ1) is 20.7. The molecule has 0 aliphatic carbocycles. The average Bonchev–Trinajstić information content (AvgIpc) is 3.02. The zero-order chi connectivity index (χ0) is 30.7. The molecule has 0 N–H and O–H groups in total. The Hall–Kier alpha value is -3.55. The highest BCUT2D eigenvalue weighted by Crippen LogP contribution is 2.40. The number of amides is 2. The number of hydrogen-bond acceptors (Lipinski definition) is 9. The molecule has 0 bridgehead atoms. The number of piperidine rings is 1. The van der Waals surface area contributed by atoms with Crippen molar-refractivity contribution in [1.29, 1.82) is 0 Å². The number of nitrogens with zero attached hydrogens (tertiary/aromatic N) is 4. The van der Waals surface area contributed by atoms with Crippen LogP contribution in [0.1, 0.15) is 25.3 Å². The van der Waals surface area contributed by atoms with Gasteiger partial charge >= 0.3 is 0 Å². The van der Waals surface area contributed by atoms with Crippen molar-refractivity contribution >= 4 is 27.5 Å². The van der Waals surface area contributed by atoms with Crippen LogP contribution in [0.3, 0.4) is 0 Å². The predicted molar refractivity (Wildman–Crippen MR) is 159 cm³/mol.